The summed E-state index contributed by atoms with van der Waals surface area (Å²) in [5.74, 6) is 0.484. The number of benzene rings is 2. The molecule has 7 heteroatoms. The molecule has 4 nitrogen and oxygen atoms in total. The van der Waals surface area contributed by atoms with Gasteiger partial charge in [-0.05, 0) is 48.4 Å². The van der Waals surface area contributed by atoms with Gasteiger partial charge in [-0.1, -0.05) is 18.0 Å². The van der Waals surface area contributed by atoms with Crippen LogP contribution < -0.4 is 5.14 Å². The number of nitrogens with two attached hydrogens (primary N) is 1. The second kappa shape index (κ2) is 6.57. The Morgan fingerprint density at radius 1 is 1.32 bits per heavy atom. The highest BCUT2D eigenvalue weighted by atomic mass is 32.2. The van der Waals surface area contributed by atoms with Crippen molar-refractivity contribution in [3.8, 4) is 11.1 Å². The monoisotopic (exact) mass is 375 g/mol. The quantitative estimate of drug-likeness (QED) is 0.678. The van der Waals surface area contributed by atoms with Gasteiger partial charge in [-0.3, -0.25) is 5.14 Å². The Hall–Kier alpha value is -1.67. The summed E-state index contributed by atoms with van der Waals surface area (Å²) in [6, 6.07) is 10.8. The molecule has 2 aromatic carbocycles. The minimum absolute atomic E-state index is 0.0746. The summed E-state index contributed by atoms with van der Waals surface area (Å²) in [7, 11) is -1.15. The summed E-state index contributed by atoms with van der Waals surface area (Å²) in [5, 5.41) is 6.49. The van der Waals surface area contributed by atoms with Crippen molar-refractivity contribution in [3.05, 3.63) is 54.0 Å². The predicted molar refractivity (Wildman–Crippen MR) is 102 cm³/mol. The van der Waals surface area contributed by atoms with Gasteiger partial charge < -0.3 is 4.98 Å². The molecular weight excluding hydrogens is 357 g/mol. The van der Waals surface area contributed by atoms with Crippen LogP contribution >= 0.6 is 11.9 Å². The molecule has 25 heavy (non-hydrogen) atoms. The Morgan fingerprint density at radius 2 is 2.16 bits per heavy atom. The van der Waals surface area contributed by atoms with Gasteiger partial charge in [0.2, 0.25) is 0 Å². The molecule has 2 unspecified atom stereocenters. The molecule has 1 aliphatic heterocycles. The number of rotatable bonds is 4. The number of fused-ring (bicyclic) bond motifs is 2. The van der Waals surface area contributed by atoms with E-state index >= 15 is 0 Å². The highest BCUT2D eigenvalue weighted by molar-refractivity contribution is 7.97. The first-order chi connectivity index (χ1) is 12.1. The van der Waals surface area contributed by atoms with E-state index in [-0.39, 0.29) is 11.9 Å². The number of aromatic nitrogens is 1. The van der Waals surface area contributed by atoms with Crippen LogP contribution in [-0.2, 0) is 11.0 Å². The van der Waals surface area contributed by atoms with Crippen molar-refractivity contribution in [2.75, 3.05) is 12.3 Å². The number of nitrogens with zero attached hydrogens (tertiary/aromatic N) is 1. The molecule has 0 radical (unpaired) electrons. The first kappa shape index (κ1) is 16.8. The summed E-state index contributed by atoms with van der Waals surface area (Å²) in [6.07, 6.45) is 1.89. The molecule has 3 N–H and O–H groups in total. The maximum atomic E-state index is 13.4. The summed E-state index contributed by atoms with van der Waals surface area (Å²) >= 11 is 1.26. The van der Waals surface area contributed by atoms with Gasteiger partial charge in [-0.15, -0.1) is 0 Å². The third kappa shape index (κ3) is 2.81. The Balaban J connectivity index is 1.75. The van der Waals surface area contributed by atoms with Crippen molar-refractivity contribution in [2.24, 2.45) is 5.14 Å². The first-order valence-electron chi connectivity index (χ1n) is 8.01. The number of H-pyrrole nitrogens is 1. The highest BCUT2D eigenvalue weighted by Gasteiger charge is 2.33. The van der Waals surface area contributed by atoms with Crippen molar-refractivity contribution < 1.29 is 8.60 Å². The Kier molecular flexibility index (Phi) is 4.41. The van der Waals surface area contributed by atoms with E-state index in [9.17, 15) is 8.60 Å². The zero-order valence-corrected chi connectivity index (χ0v) is 15.3. The largest absolute Gasteiger partial charge is 0.360 e. The molecule has 0 saturated carbocycles. The fourth-order valence-corrected chi connectivity index (χ4v) is 5.33. The van der Waals surface area contributed by atoms with Gasteiger partial charge in [0.05, 0.1) is 4.90 Å². The number of aromatic amines is 1. The van der Waals surface area contributed by atoms with Gasteiger partial charge in [0.1, 0.15) is 16.8 Å². The van der Waals surface area contributed by atoms with Gasteiger partial charge >= 0.3 is 0 Å². The van der Waals surface area contributed by atoms with Gasteiger partial charge in [-0.25, -0.2) is 12.9 Å². The van der Waals surface area contributed by atoms with E-state index in [1.807, 2.05) is 22.6 Å². The van der Waals surface area contributed by atoms with E-state index < -0.39 is 11.0 Å². The SMILES string of the molecule is CC1c2cc(-c3c[nH]c4cc(F)ccc34)ccc2S(=O)N1CCSN. The molecular formula is C18H18FN3OS2. The molecule has 2 heterocycles. The summed E-state index contributed by atoms with van der Waals surface area (Å²) in [6.45, 7) is 2.75. The standard InChI is InChI=1S/C18H18FN3OS2/c1-11-15-8-12(2-5-18(15)25(23)22(11)6-7-24-20)16-10-21-17-9-13(19)3-4-14(16)17/h2-5,8-11,21H,6-7,20H2,1H3. The molecule has 1 aromatic heterocycles. The zero-order valence-electron chi connectivity index (χ0n) is 13.7. The van der Waals surface area contributed by atoms with E-state index in [0.29, 0.717) is 6.54 Å². The number of hydrogen-bond acceptors (Lipinski definition) is 3. The molecule has 0 amide bonds. The van der Waals surface area contributed by atoms with Crippen molar-refractivity contribution in [3.63, 3.8) is 0 Å². The van der Waals surface area contributed by atoms with Crippen LogP contribution in [0, 0.1) is 5.82 Å². The third-order valence-electron chi connectivity index (χ3n) is 4.68. The smallest absolute Gasteiger partial charge is 0.128 e. The Labute approximate surface area is 152 Å². The fourth-order valence-electron chi connectivity index (χ4n) is 3.38. The van der Waals surface area contributed by atoms with Gasteiger partial charge in [0.15, 0.2) is 0 Å². The third-order valence-corrected chi connectivity index (χ3v) is 6.77. The van der Waals surface area contributed by atoms with E-state index in [1.54, 1.807) is 6.07 Å². The van der Waals surface area contributed by atoms with Crippen LogP contribution in [0.5, 0.6) is 0 Å². The first-order valence-corrected chi connectivity index (χ1v) is 10.2. The van der Waals surface area contributed by atoms with E-state index in [2.05, 4.69) is 18.0 Å². The molecule has 4 rings (SSSR count). The molecule has 0 saturated heterocycles. The average molecular weight is 375 g/mol. The topological polar surface area (TPSA) is 62.1 Å². The van der Waals surface area contributed by atoms with Gasteiger partial charge in [-0.2, -0.15) is 0 Å². The molecule has 3 aromatic rings. The second-order valence-corrected chi connectivity index (χ2v) is 8.23. The van der Waals surface area contributed by atoms with E-state index in [1.165, 1.54) is 24.1 Å². The van der Waals surface area contributed by atoms with Gasteiger partial charge in [0.25, 0.3) is 0 Å². The maximum Gasteiger partial charge on any atom is 0.128 e. The van der Waals surface area contributed by atoms with Gasteiger partial charge in [0, 0.05) is 41.0 Å². The lowest BCUT2D eigenvalue weighted by Crippen LogP contribution is -2.25. The van der Waals surface area contributed by atoms with Crippen molar-refractivity contribution >= 4 is 33.8 Å². The summed E-state index contributed by atoms with van der Waals surface area (Å²) in [5.41, 5.74) is 3.91. The lowest BCUT2D eigenvalue weighted by Gasteiger charge is -2.18. The van der Waals surface area contributed by atoms with E-state index in [4.69, 9.17) is 5.14 Å². The summed E-state index contributed by atoms with van der Waals surface area (Å²) < 4.78 is 28.1. The van der Waals surface area contributed by atoms with Crippen LogP contribution in [0.3, 0.4) is 0 Å². The fraction of sp³-hybridized carbons (Fsp3) is 0.222. The van der Waals surface area contributed by atoms with Crippen molar-refractivity contribution in [2.45, 2.75) is 17.9 Å². The lowest BCUT2D eigenvalue weighted by atomic mass is 9.99. The molecule has 0 spiro atoms. The Morgan fingerprint density at radius 3 is 2.96 bits per heavy atom. The second-order valence-electron chi connectivity index (χ2n) is 6.08. The average Bonchev–Trinajstić information content (AvgIpc) is 3.13. The molecule has 1 aliphatic rings. The van der Waals surface area contributed by atoms with Crippen molar-refractivity contribution in [1.82, 2.24) is 9.29 Å². The van der Waals surface area contributed by atoms with Crippen LogP contribution in [-0.4, -0.2) is 25.8 Å². The van der Waals surface area contributed by atoms with Crippen LogP contribution in [0.15, 0.2) is 47.5 Å². The van der Waals surface area contributed by atoms with Crippen LogP contribution in [0.25, 0.3) is 22.0 Å². The molecule has 0 fully saturated rings. The Bertz CT molecular complexity index is 972. The maximum absolute atomic E-state index is 13.4. The van der Waals surface area contributed by atoms with E-state index in [0.717, 1.165) is 38.2 Å². The zero-order chi connectivity index (χ0) is 17.6. The van der Waals surface area contributed by atoms with Crippen LogP contribution in [0.2, 0.25) is 0 Å². The molecule has 2 atom stereocenters. The molecule has 0 bridgehead atoms. The van der Waals surface area contributed by atoms with Crippen LogP contribution in [0.1, 0.15) is 18.5 Å². The lowest BCUT2D eigenvalue weighted by molar-refractivity contribution is 0.400. The minimum Gasteiger partial charge on any atom is -0.360 e. The number of nitrogens with one attached hydrogen (secondary N) is 1. The predicted octanol–water partition coefficient (Wildman–Crippen LogP) is 3.98. The minimum atomic E-state index is -1.15. The van der Waals surface area contributed by atoms with Crippen LogP contribution in [0.4, 0.5) is 4.39 Å². The molecule has 130 valence electrons. The highest BCUT2D eigenvalue weighted by Crippen LogP contribution is 2.40. The van der Waals surface area contributed by atoms with Crippen molar-refractivity contribution in [1.29, 1.82) is 0 Å². The molecule has 0 aliphatic carbocycles. The summed E-state index contributed by atoms with van der Waals surface area (Å²) in [4.78, 5) is 3.99. The number of hydrogen-bond donors (Lipinski definition) is 2. The normalized spacial score (nSPS) is 20.3. The number of halogens is 1.